The van der Waals surface area contributed by atoms with Crippen molar-refractivity contribution in [1.82, 2.24) is 5.32 Å². The topological polar surface area (TPSA) is 12.0 Å². The Bertz CT molecular complexity index is 84.7. The molecule has 0 saturated carbocycles. The summed E-state index contributed by atoms with van der Waals surface area (Å²) in [7, 11) is 0. The van der Waals surface area contributed by atoms with Gasteiger partial charge in [0.05, 0.1) is 0 Å². The van der Waals surface area contributed by atoms with Crippen LogP contribution in [-0.2, 0) is 0 Å². The normalized spacial score (nSPS) is 11.2. The first kappa shape index (κ1) is 9.54. The fourth-order valence-corrected chi connectivity index (χ4v) is 0.814. The largest absolute Gasteiger partial charge is 0.391 e. The van der Waals surface area contributed by atoms with E-state index < -0.39 is 0 Å². The molecule has 0 saturated heterocycles. The summed E-state index contributed by atoms with van der Waals surface area (Å²) in [5.41, 5.74) is 0. The standard InChI is InChI=1S/C9H19N/c1-4-7-10-8-5-6-9(2)3/h4,7,9-10H,5-6,8H2,1-3H3. The molecule has 60 valence electrons. The van der Waals surface area contributed by atoms with Crippen molar-refractivity contribution < 1.29 is 0 Å². The Balaban J connectivity index is 2.91. The van der Waals surface area contributed by atoms with E-state index in [0.717, 1.165) is 12.5 Å². The van der Waals surface area contributed by atoms with Gasteiger partial charge in [-0.05, 0) is 31.9 Å². The molecule has 0 aliphatic carbocycles. The van der Waals surface area contributed by atoms with Crippen LogP contribution in [-0.4, -0.2) is 6.54 Å². The smallest absolute Gasteiger partial charge is 0.0141 e. The second-order valence-corrected chi connectivity index (χ2v) is 2.99. The number of nitrogens with one attached hydrogen (secondary N) is 1. The number of rotatable bonds is 5. The summed E-state index contributed by atoms with van der Waals surface area (Å²) in [5, 5.41) is 3.21. The van der Waals surface area contributed by atoms with Crippen molar-refractivity contribution in [3.05, 3.63) is 12.3 Å². The van der Waals surface area contributed by atoms with Crippen LogP contribution in [0.15, 0.2) is 12.3 Å². The molecule has 0 bridgehead atoms. The predicted molar refractivity (Wildman–Crippen MR) is 46.9 cm³/mol. The molecule has 0 aromatic carbocycles. The summed E-state index contributed by atoms with van der Waals surface area (Å²) in [6.07, 6.45) is 6.63. The van der Waals surface area contributed by atoms with Gasteiger partial charge in [-0.2, -0.15) is 0 Å². The van der Waals surface area contributed by atoms with Crippen LogP contribution in [0.5, 0.6) is 0 Å². The van der Waals surface area contributed by atoms with Crippen LogP contribution in [0.4, 0.5) is 0 Å². The highest BCUT2D eigenvalue weighted by molar-refractivity contribution is 4.73. The summed E-state index contributed by atoms with van der Waals surface area (Å²) >= 11 is 0. The molecule has 0 fully saturated rings. The van der Waals surface area contributed by atoms with Gasteiger partial charge < -0.3 is 5.32 Å². The summed E-state index contributed by atoms with van der Waals surface area (Å²) in [4.78, 5) is 0. The monoisotopic (exact) mass is 141 g/mol. The zero-order valence-electron chi connectivity index (χ0n) is 7.35. The van der Waals surface area contributed by atoms with Crippen LogP contribution in [0.1, 0.15) is 33.6 Å². The lowest BCUT2D eigenvalue weighted by Gasteiger charge is -2.03. The molecule has 1 heteroatoms. The van der Waals surface area contributed by atoms with E-state index in [1.807, 2.05) is 19.2 Å². The van der Waals surface area contributed by atoms with Crippen molar-refractivity contribution in [1.29, 1.82) is 0 Å². The van der Waals surface area contributed by atoms with E-state index in [-0.39, 0.29) is 0 Å². The van der Waals surface area contributed by atoms with E-state index in [1.165, 1.54) is 12.8 Å². The van der Waals surface area contributed by atoms with E-state index in [0.29, 0.717) is 0 Å². The lowest BCUT2D eigenvalue weighted by atomic mass is 10.1. The molecule has 0 unspecified atom stereocenters. The van der Waals surface area contributed by atoms with Crippen LogP contribution in [0.2, 0.25) is 0 Å². The number of hydrogen-bond donors (Lipinski definition) is 1. The van der Waals surface area contributed by atoms with Gasteiger partial charge in [0, 0.05) is 6.54 Å². The number of hydrogen-bond acceptors (Lipinski definition) is 1. The average Bonchev–Trinajstić information content (AvgIpc) is 1.87. The van der Waals surface area contributed by atoms with Gasteiger partial charge in [-0.1, -0.05) is 19.9 Å². The molecule has 0 aromatic heterocycles. The van der Waals surface area contributed by atoms with Gasteiger partial charge in [-0.15, -0.1) is 0 Å². The molecule has 0 rings (SSSR count). The van der Waals surface area contributed by atoms with E-state index in [2.05, 4.69) is 19.2 Å². The highest BCUT2D eigenvalue weighted by Gasteiger charge is 1.90. The number of allylic oxidation sites excluding steroid dienone is 1. The average molecular weight is 141 g/mol. The minimum absolute atomic E-state index is 0.840. The molecular weight excluding hydrogens is 122 g/mol. The first-order chi connectivity index (χ1) is 4.77. The Labute approximate surface area is 64.5 Å². The summed E-state index contributed by atoms with van der Waals surface area (Å²) in [6.45, 7) is 7.66. The summed E-state index contributed by atoms with van der Waals surface area (Å²) < 4.78 is 0. The highest BCUT2D eigenvalue weighted by atomic mass is 14.8. The molecule has 1 N–H and O–H groups in total. The molecule has 0 aromatic rings. The highest BCUT2D eigenvalue weighted by Crippen LogP contribution is 2.01. The van der Waals surface area contributed by atoms with Crippen molar-refractivity contribution in [3.63, 3.8) is 0 Å². The fourth-order valence-electron chi connectivity index (χ4n) is 0.814. The predicted octanol–water partition coefficient (Wildman–Crippen LogP) is 2.55. The molecule has 0 aliphatic rings. The molecule has 10 heavy (non-hydrogen) atoms. The van der Waals surface area contributed by atoms with Crippen LogP contribution >= 0.6 is 0 Å². The van der Waals surface area contributed by atoms with E-state index >= 15 is 0 Å². The minimum Gasteiger partial charge on any atom is -0.391 e. The van der Waals surface area contributed by atoms with Crippen LogP contribution < -0.4 is 5.32 Å². The molecule has 0 heterocycles. The minimum atomic E-state index is 0.840. The van der Waals surface area contributed by atoms with Gasteiger partial charge in [-0.25, -0.2) is 0 Å². The third-order valence-electron chi connectivity index (χ3n) is 1.39. The van der Waals surface area contributed by atoms with Crippen LogP contribution in [0.3, 0.4) is 0 Å². The lowest BCUT2D eigenvalue weighted by Crippen LogP contribution is -2.07. The molecule has 0 atom stereocenters. The van der Waals surface area contributed by atoms with Gasteiger partial charge >= 0.3 is 0 Å². The third-order valence-corrected chi connectivity index (χ3v) is 1.39. The first-order valence-corrected chi connectivity index (χ1v) is 4.12. The third kappa shape index (κ3) is 7.54. The molecule has 0 aliphatic heterocycles. The second-order valence-electron chi connectivity index (χ2n) is 2.99. The molecule has 0 spiro atoms. The Kier molecular flexibility index (Phi) is 6.35. The van der Waals surface area contributed by atoms with Crippen molar-refractivity contribution in [3.8, 4) is 0 Å². The summed E-state index contributed by atoms with van der Waals surface area (Å²) in [5.74, 6) is 0.840. The van der Waals surface area contributed by atoms with Crippen molar-refractivity contribution >= 4 is 0 Å². The van der Waals surface area contributed by atoms with Crippen LogP contribution in [0.25, 0.3) is 0 Å². The Morgan fingerprint density at radius 1 is 1.40 bits per heavy atom. The molecule has 1 nitrogen and oxygen atoms in total. The molecule has 0 amide bonds. The maximum absolute atomic E-state index is 3.21. The van der Waals surface area contributed by atoms with Crippen LogP contribution in [0, 0.1) is 5.92 Å². The van der Waals surface area contributed by atoms with E-state index in [4.69, 9.17) is 0 Å². The Morgan fingerprint density at radius 3 is 2.60 bits per heavy atom. The second kappa shape index (κ2) is 6.66. The molecular formula is C9H19N. The van der Waals surface area contributed by atoms with Gasteiger partial charge in [-0.3, -0.25) is 0 Å². The van der Waals surface area contributed by atoms with Crippen molar-refractivity contribution in [2.75, 3.05) is 6.54 Å². The Hall–Kier alpha value is -0.460. The van der Waals surface area contributed by atoms with Gasteiger partial charge in [0.1, 0.15) is 0 Å². The fraction of sp³-hybridized carbons (Fsp3) is 0.778. The SMILES string of the molecule is CC=CNCCCC(C)C. The maximum atomic E-state index is 3.21. The zero-order chi connectivity index (χ0) is 7.82. The van der Waals surface area contributed by atoms with Gasteiger partial charge in [0.2, 0.25) is 0 Å². The zero-order valence-corrected chi connectivity index (χ0v) is 7.35. The van der Waals surface area contributed by atoms with E-state index in [1.54, 1.807) is 0 Å². The van der Waals surface area contributed by atoms with Gasteiger partial charge in [0.15, 0.2) is 0 Å². The lowest BCUT2D eigenvalue weighted by molar-refractivity contribution is 0.547. The maximum Gasteiger partial charge on any atom is 0.0141 e. The summed E-state index contributed by atoms with van der Waals surface area (Å²) in [6, 6.07) is 0. The van der Waals surface area contributed by atoms with Gasteiger partial charge in [0.25, 0.3) is 0 Å². The van der Waals surface area contributed by atoms with Crippen molar-refractivity contribution in [2.45, 2.75) is 33.6 Å². The Morgan fingerprint density at radius 2 is 2.10 bits per heavy atom. The van der Waals surface area contributed by atoms with E-state index in [9.17, 15) is 0 Å². The first-order valence-electron chi connectivity index (χ1n) is 4.12. The van der Waals surface area contributed by atoms with Crippen molar-refractivity contribution in [2.24, 2.45) is 5.92 Å². The molecule has 0 radical (unpaired) electrons. The quantitative estimate of drug-likeness (QED) is 0.580.